The zero-order valence-electron chi connectivity index (χ0n) is 16.4. The summed E-state index contributed by atoms with van der Waals surface area (Å²) in [6.45, 7) is 0. The van der Waals surface area contributed by atoms with Gasteiger partial charge in [0.1, 0.15) is 0 Å². The van der Waals surface area contributed by atoms with Gasteiger partial charge in [0.2, 0.25) is 0 Å². The summed E-state index contributed by atoms with van der Waals surface area (Å²) >= 11 is 0. The maximum Gasteiger partial charge on any atom is 0.272 e. The summed E-state index contributed by atoms with van der Waals surface area (Å²) in [6.07, 6.45) is 2.45. The average molecular weight is 443 g/mol. The number of halogens is 2. The van der Waals surface area contributed by atoms with Gasteiger partial charge >= 0.3 is 0 Å². The van der Waals surface area contributed by atoms with Crippen molar-refractivity contribution in [2.45, 2.75) is 36.6 Å². The number of rotatable bonds is 3. The predicted molar refractivity (Wildman–Crippen MR) is 109 cm³/mol. The summed E-state index contributed by atoms with van der Waals surface area (Å²) in [6, 6.07) is 9.74. The highest BCUT2D eigenvalue weighted by Crippen LogP contribution is 2.33. The number of aromatic nitrogens is 2. The summed E-state index contributed by atoms with van der Waals surface area (Å²) in [5.41, 5.74) is 2.76. The molecular weight excluding hydrogens is 424 g/mol. The van der Waals surface area contributed by atoms with Crippen LogP contribution in [-0.4, -0.2) is 29.9 Å². The molecule has 6 nitrogen and oxygen atoms in total. The molecule has 1 N–H and O–H groups in total. The Balaban J connectivity index is 1.49. The molecule has 1 aliphatic heterocycles. The number of amides is 1. The quantitative estimate of drug-likeness (QED) is 0.674. The van der Waals surface area contributed by atoms with Crippen LogP contribution < -0.4 is 5.32 Å². The molecule has 160 valence electrons. The van der Waals surface area contributed by atoms with Crippen molar-refractivity contribution in [3.8, 4) is 5.69 Å². The van der Waals surface area contributed by atoms with Gasteiger partial charge in [0, 0.05) is 17.3 Å². The molecule has 0 spiro atoms. The van der Waals surface area contributed by atoms with Crippen LogP contribution in [0.15, 0.2) is 47.4 Å². The van der Waals surface area contributed by atoms with E-state index in [0.29, 0.717) is 24.1 Å². The molecule has 9 heteroatoms. The van der Waals surface area contributed by atoms with Crippen LogP contribution in [0.3, 0.4) is 0 Å². The molecule has 1 atom stereocenters. The lowest BCUT2D eigenvalue weighted by atomic mass is 10.0. The Labute approximate surface area is 177 Å². The number of nitrogens with one attached hydrogen (secondary N) is 1. The Morgan fingerprint density at radius 1 is 1.10 bits per heavy atom. The normalized spacial score (nSPS) is 19.0. The number of nitrogens with zero attached hydrogens (tertiary/aromatic N) is 2. The molecule has 3 aromatic rings. The average Bonchev–Trinajstić information content (AvgIpc) is 3.35. The zero-order chi connectivity index (χ0) is 21.8. The van der Waals surface area contributed by atoms with Gasteiger partial charge in [-0.05, 0) is 49.4 Å². The van der Waals surface area contributed by atoms with Crippen LogP contribution in [0, 0.1) is 11.6 Å². The molecule has 0 radical (unpaired) electrons. The van der Waals surface area contributed by atoms with E-state index >= 15 is 0 Å². The van der Waals surface area contributed by atoms with E-state index in [4.69, 9.17) is 0 Å². The van der Waals surface area contributed by atoms with Crippen LogP contribution in [0.4, 0.5) is 8.78 Å². The van der Waals surface area contributed by atoms with Gasteiger partial charge in [0.15, 0.2) is 27.2 Å². The van der Waals surface area contributed by atoms with Crippen LogP contribution in [0.5, 0.6) is 0 Å². The molecule has 1 aliphatic carbocycles. The number of carbonyl (C=O) groups is 1. The first-order valence-corrected chi connectivity index (χ1v) is 11.7. The monoisotopic (exact) mass is 443 g/mol. The SMILES string of the molecule is O=C(NC1CCS(=O)(=O)c2ccccc21)c1nn(-c2ccc(F)c(F)c2)c2c1CCC2. The molecule has 31 heavy (non-hydrogen) atoms. The Hall–Kier alpha value is -3.07. The maximum absolute atomic E-state index is 13.8. The Morgan fingerprint density at radius 2 is 1.90 bits per heavy atom. The number of carbonyl (C=O) groups excluding carboxylic acids is 1. The van der Waals surface area contributed by atoms with E-state index in [1.54, 1.807) is 24.3 Å². The summed E-state index contributed by atoms with van der Waals surface area (Å²) in [7, 11) is -3.36. The third-order valence-electron chi connectivity index (χ3n) is 5.90. The van der Waals surface area contributed by atoms with Crippen molar-refractivity contribution < 1.29 is 22.0 Å². The van der Waals surface area contributed by atoms with Gasteiger partial charge in [-0.1, -0.05) is 18.2 Å². The maximum atomic E-state index is 13.8. The first-order chi connectivity index (χ1) is 14.8. The fourth-order valence-electron chi connectivity index (χ4n) is 4.42. The minimum Gasteiger partial charge on any atom is -0.344 e. The van der Waals surface area contributed by atoms with Crippen LogP contribution in [-0.2, 0) is 22.7 Å². The summed E-state index contributed by atoms with van der Waals surface area (Å²) in [4.78, 5) is 13.4. The third-order valence-corrected chi connectivity index (χ3v) is 7.72. The first-order valence-electron chi connectivity index (χ1n) is 10.0. The molecule has 2 heterocycles. The number of hydrogen-bond acceptors (Lipinski definition) is 4. The molecule has 1 amide bonds. The van der Waals surface area contributed by atoms with Crippen molar-refractivity contribution in [3.05, 3.63) is 76.6 Å². The smallest absolute Gasteiger partial charge is 0.272 e. The van der Waals surface area contributed by atoms with Crippen molar-refractivity contribution in [1.82, 2.24) is 15.1 Å². The molecule has 0 bridgehead atoms. The topological polar surface area (TPSA) is 81.1 Å². The summed E-state index contributed by atoms with van der Waals surface area (Å²) in [5, 5.41) is 7.35. The molecule has 2 aliphatic rings. The van der Waals surface area contributed by atoms with Crippen molar-refractivity contribution in [2.75, 3.05) is 5.75 Å². The second-order valence-electron chi connectivity index (χ2n) is 7.81. The lowest BCUT2D eigenvalue weighted by Gasteiger charge is -2.26. The number of sulfone groups is 1. The van der Waals surface area contributed by atoms with E-state index in [1.165, 1.54) is 10.7 Å². The number of benzene rings is 2. The zero-order valence-corrected chi connectivity index (χ0v) is 17.3. The van der Waals surface area contributed by atoms with Crippen LogP contribution >= 0.6 is 0 Å². The summed E-state index contributed by atoms with van der Waals surface area (Å²) < 4.78 is 53.3. The number of hydrogen-bond donors (Lipinski definition) is 1. The van der Waals surface area contributed by atoms with Crippen molar-refractivity contribution in [3.63, 3.8) is 0 Å². The van der Waals surface area contributed by atoms with Gasteiger partial charge in [0.05, 0.1) is 22.4 Å². The highest BCUT2D eigenvalue weighted by Gasteiger charge is 2.33. The molecule has 5 rings (SSSR count). The number of fused-ring (bicyclic) bond motifs is 2. The van der Waals surface area contributed by atoms with Gasteiger partial charge < -0.3 is 5.32 Å². The molecular formula is C22H19F2N3O3S. The van der Waals surface area contributed by atoms with E-state index in [1.807, 2.05) is 0 Å². The van der Waals surface area contributed by atoms with E-state index in [-0.39, 0.29) is 22.8 Å². The fraction of sp³-hybridized carbons (Fsp3) is 0.273. The lowest BCUT2D eigenvalue weighted by Crippen LogP contribution is -2.34. The minimum atomic E-state index is -3.36. The van der Waals surface area contributed by atoms with Crippen LogP contribution in [0.1, 0.15) is 46.2 Å². The van der Waals surface area contributed by atoms with Gasteiger partial charge in [-0.15, -0.1) is 0 Å². The van der Waals surface area contributed by atoms with Crippen molar-refractivity contribution >= 4 is 15.7 Å². The van der Waals surface area contributed by atoms with E-state index in [9.17, 15) is 22.0 Å². The van der Waals surface area contributed by atoms with E-state index < -0.39 is 33.4 Å². The molecule has 2 aromatic carbocycles. The molecule has 1 aromatic heterocycles. The molecule has 0 saturated carbocycles. The van der Waals surface area contributed by atoms with Crippen molar-refractivity contribution in [2.24, 2.45) is 0 Å². The van der Waals surface area contributed by atoms with Gasteiger partial charge in [0.25, 0.3) is 5.91 Å². The second kappa shape index (κ2) is 7.26. The highest BCUT2D eigenvalue weighted by atomic mass is 32.2. The Bertz CT molecular complexity index is 1320. The Morgan fingerprint density at radius 3 is 2.71 bits per heavy atom. The predicted octanol–water partition coefficient (Wildman–Crippen LogP) is 3.29. The van der Waals surface area contributed by atoms with Gasteiger partial charge in [-0.2, -0.15) is 5.10 Å². The van der Waals surface area contributed by atoms with Crippen molar-refractivity contribution in [1.29, 1.82) is 0 Å². The minimum absolute atomic E-state index is 0.0453. The van der Waals surface area contributed by atoms with Gasteiger partial charge in [-0.3, -0.25) is 4.79 Å². The highest BCUT2D eigenvalue weighted by molar-refractivity contribution is 7.91. The molecule has 0 fully saturated rings. The van der Waals surface area contributed by atoms with Crippen LogP contribution in [0.25, 0.3) is 5.69 Å². The third kappa shape index (κ3) is 3.33. The second-order valence-corrected chi connectivity index (χ2v) is 9.89. The lowest BCUT2D eigenvalue weighted by molar-refractivity contribution is 0.0928. The largest absolute Gasteiger partial charge is 0.344 e. The summed E-state index contributed by atoms with van der Waals surface area (Å²) in [5.74, 6) is -2.38. The van der Waals surface area contributed by atoms with Crippen LogP contribution in [0.2, 0.25) is 0 Å². The Kier molecular flexibility index (Phi) is 4.65. The molecule has 1 unspecified atom stereocenters. The van der Waals surface area contributed by atoms with Gasteiger partial charge in [-0.25, -0.2) is 21.9 Å². The van der Waals surface area contributed by atoms with E-state index in [0.717, 1.165) is 29.8 Å². The standard InChI is InChI=1S/C22H19F2N3O3S/c23-16-9-8-13(12-17(16)24)27-19-6-3-5-15(19)21(26-27)22(28)25-18-10-11-31(29,30)20-7-2-1-4-14(18)20/h1-2,4,7-9,12,18H,3,5-6,10-11H2,(H,25,28). The first kappa shape index (κ1) is 19.9. The van der Waals surface area contributed by atoms with E-state index in [2.05, 4.69) is 10.4 Å². The fourth-order valence-corrected chi connectivity index (χ4v) is 6.04. The molecule has 0 saturated heterocycles.